The van der Waals surface area contributed by atoms with Gasteiger partial charge < -0.3 is 4.98 Å². The van der Waals surface area contributed by atoms with Gasteiger partial charge in [0.1, 0.15) is 0 Å². The lowest BCUT2D eigenvalue weighted by Gasteiger charge is -1.98. The summed E-state index contributed by atoms with van der Waals surface area (Å²) in [7, 11) is -3.92. The molecule has 15 heavy (non-hydrogen) atoms. The van der Waals surface area contributed by atoms with Crippen LogP contribution >= 0.6 is 0 Å². The minimum Gasteiger partial charge on any atom is -0.344 e. The van der Waals surface area contributed by atoms with E-state index in [0.29, 0.717) is 6.42 Å². The molecule has 5 nitrogen and oxygen atoms in total. The van der Waals surface area contributed by atoms with E-state index in [4.69, 9.17) is 1.37 Å². The number of hydrogen-bond acceptors (Lipinski definition) is 2. The van der Waals surface area contributed by atoms with Crippen LogP contribution in [0.15, 0.2) is 22.7 Å². The highest BCUT2D eigenvalue weighted by Crippen LogP contribution is 1.88. The van der Waals surface area contributed by atoms with Gasteiger partial charge in [-0.3, -0.25) is 0 Å². The fraction of sp³-hybridized carbons (Fsp3) is 0.375. The van der Waals surface area contributed by atoms with Crippen LogP contribution in [-0.4, -0.2) is 19.9 Å². The second-order valence-corrected chi connectivity index (χ2v) is 4.17. The van der Waals surface area contributed by atoms with Crippen molar-refractivity contribution in [1.29, 1.82) is 0 Å². The SMILES string of the molecule is [2H]c1cc[nH]c(=NS(=O)(=O)NCCC)c1F. The maximum atomic E-state index is 13.2. The molecule has 0 saturated carbocycles. The molecule has 0 unspecified atom stereocenters. The quantitative estimate of drug-likeness (QED) is 0.786. The van der Waals surface area contributed by atoms with Gasteiger partial charge in [0.2, 0.25) is 0 Å². The average molecular weight is 234 g/mol. The van der Waals surface area contributed by atoms with E-state index < -0.39 is 27.6 Å². The van der Waals surface area contributed by atoms with Crippen molar-refractivity contribution in [2.24, 2.45) is 4.40 Å². The van der Waals surface area contributed by atoms with Crippen LogP contribution in [0, 0.1) is 5.82 Å². The monoisotopic (exact) mass is 234 g/mol. The normalized spacial score (nSPS) is 14.0. The molecule has 0 radical (unpaired) electrons. The third-order valence-electron chi connectivity index (χ3n) is 1.47. The molecule has 7 heteroatoms. The Hall–Kier alpha value is -1.21. The second kappa shape index (κ2) is 5.04. The number of hydrogen-bond donors (Lipinski definition) is 2. The van der Waals surface area contributed by atoms with E-state index in [1.807, 2.05) is 0 Å². The summed E-state index contributed by atoms with van der Waals surface area (Å²) in [4.78, 5) is 2.33. The number of nitrogens with zero attached hydrogens (tertiary/aromatic N) is 1. The first-order valence-electron chi connectivity index (χ1n) is 4.85. The zero-order valence-electron chi connectivity index (χ0n) is 9.12. The predicted molar refractivity (Wildman–Crippen MR) is 53.5 cm³/mol. The molecule has 0 bridgehead atoms. The van der Waals surface area contributed by atoms with Gasteiger partial charge in [-0.15, -0.1) is 4.40 Å². The number of pyridine rings is 1. The summed E-state index contributed by atoms with van der Waals surface area (Å²) >= 11 is 0. The molecule has 2 N–H and O–H groups in total. The lowest BCUT2D eigenvalue weighted by Crippen LogP contribution is -2.26. The maximum Gasteiger partial charge on any atom is 0.321 e. The first-order chi connectivity index (χ1) is 7.46. The maximum absolute atomic E-state index is 13.2. The van der Waals surface area contributed by atoms with E-state index in [9.17, 15) is 12.8 Å². The summed E-state index contributed by atoms with van der Waals surface area (Å²) < 4.78 is 48.3. The smallest absolute Gasteiger partial charge is 0.321 e. The van der Waals surface area contributed by atoms with Crippen LogP contribution in [0.3, 0.4) is 0 Å². The summed E-state index contributed by atoms with van der Waals surface area (Å²) in [6.07, 6.45) is 1.86. The van der Waals surface area contributed by atoms with Crippen LogP contribution in [0.5, 0.6) is 0 Å². The van der Waals surface area contributed by atoms with Crippen LogP contribution in [0.25, 0.3) is 0 Å². The van der Waals surface area contributed by atoms with E-state index in [-0.39, 0.29) is 6.54 Å². The molecule has 0 aliphatic rings. The Balaban J connectivity index is 3.13. The average Bonchev–Trinajstić information content (AvgIpc) is 2.22. The van der Waals surface area contributed by atoms with Crippen LogP contribution in [0.1, 0.15) is 14.7 Å². The van der Waals surface area contributed by atoms with E-state index in [2.05, 4.69) is 14.1 Å². The first kappa shape index (κ1) is 10.3. The van der Waals surface area contributed by atoms with Gasteiger partial charge in [-0.1, -0.05) is 6.92 Å². The van der Waals surface area contributed by atoms with Crippen LogP contribution in [0.4, 0.5) is 4.39 Å². The Morgan fingerprint density at radius 2 is 2.47 bits per heavy atom. The van der Waals surface area contributed by atoms with Gasteiger partial charge in [-0.2, -0.15) is 13.1 Å². The third kappa shape index (κ3) is 3.80. The summed E-state index contributed by atoms with van der Waals surface area (Å²) in [6.45, 7) is 2.02. The van der Waals surface area contributed by atoms with Crippen molar-refractivity contribution in [3.8, 4) is 0 Å². The molecule has 0 atom stereocenters. The van der Waals surface area contributed by atoms with E-state index in [1.165, 1.54) is 12.3 Å². The highest BCUT2D eigenvalue weighted by atomic mass is 32.2. The number of rotatable bonds is 4. The summed E-state index contributed by atoms with van der Waals surface area (Å²) in [5.41, 5.74) is -0.476. The standard InChI is InChI=1S/C8H12FN3O2S/c1-2-5-11-15(13,14)12-8-7(9)4-3-6-10-8/h3-4,6,11H,2,5H2,1H3,(H,10,12)/i4D. The Bertz CT molecular complexity index is 526. The van der Waals surface area contributed by atoms with Gasteiger partial charge in [-0.05, 0) is 18.5 Å². The number of aromatic amines is 1. The van der Waals surface area contributed by atoms with Crippen LogP contribution in [0.2, 0.25) is 0 Å². The Morgan fingerprint density at radius 3 is 3.13 bits per heavy atom. The van der Waals surface area contributed by atoms with Crippen molar-refractivity contribution >= 4 is 10.2 Å². The molecule has 0 aliphatic carbocycles. The number of aromatic nitrogens is 1. The summed E-state index contributed by atoms with van der Waals surface area (Å²) in [6, 6.07) is 0.753. The molecule has 0 spiro atoms. The van der Waals surface area contributed by atoms with Gasteiger partial charge >= 0.3 is 10.2 Å². The number of H-pyrrole nitrogens is 1. The van der Waals surface area contributed by atoms with Crippen molar-refractivity contribution in [2.45, 2.75) is 13.3 Å². The van der Waals surface area contributed by atoms with Gasteiger partial charge in [0.15, 0.2) is 11.3 Å². The fourth-order valence-corrected chi connectivity index (χ4v) is 1.72. The fourth-order valence-electron chi connectivity index (χ4n) is 0.817. The molecule has 1 aromatic heterocycles. The molecular formula is C8H12FN3O2S. The number of halogens is 1. The Kier molecular flexibility index (Phi) is 3.46. The molecule has 1 heterocycles. The molecular weight excluding hydrogens is 221 g/mol. The highest BCUT2D eigenvalue weighted by Gasteiger charge is 2.06. The Morgan fingerprint density at radius 1 is 1.73 bits per heavy atom. The largest absolute Gasteiger partial charge is 0.344 e. The van der Waals surface area contributed by atoms with Crippen molar-refractivity contribution in [1.82, 2.24) is 9.71 Å². The van der Waals surface area contributed by atoms with Crippen molar-refractivity contribution in [3.63, 3.8) is 0 Å². The summed E-state index contributed by atoms with van der Waals surface area (Å²) in [5, 5.41) is 0. The zero-order valence-corrected chi connectivity index (χ0v) is 8.94. The third-order valence-corrected chi connectivity index (χ3v) is 2.46. The van der Waals surface area contributed by atoms with Crippen LogP contribution in [-0.2, 0) is 10.2 Å². The molecule has 0 aliphatic heterocycles. The van der Waals surface area contributed by atoms with Crippen molar-refractivity contribution < 1.29 is 14.2 Å². The first-order valence-corrected chi connectivity index (χ1v) is 5.79. The molecule has 1 rings (SSSR count). The molecule has 0 aromatic carbocycles. The molecule has 0 saturated heterocycles. The molecule has 84 valence electrons. The topological polar surface area (TPSA) is 74.3 Å². The summed E-state index contributed by atoms with van der Waals surface area (Å²) in [5.74, 6) is -0.996. The van der Waals surface area contributed by atoms with Crippen molar-refractivity contribution in [3.05, 3.63) is 29.6 Å². The van der Waals surface area contributed by atoms with Gasteiger partial charge in [-0.25, -0.2) is 4.39 Å². The van der Waals surface area contributed by atoms with Gasteiger partial charge in [0.25, 0.3) is 0 Å². The minimum absolute atomic E-state index is 0.230. The molecule has 0 amide bonds. The van der Waals surface area contributed by atoms with Gasteiger partial charge in [0, 0.05) is 12.7 Å². The predicted octanol–water partition coefficient (Wildman–Crippen LogP) is 0.299. The van der Waals surface area contributed by atoms with E-state index >= 15 is 0 Å². The Labute approximate surface area is 88.7 Å². The molecule has 0 fully saturated rings. The van der Waals surface area contributed by atoms with Crippen LogP contribution < -0.4 is 10.2 Å². The zero-order chi connectivity index (χ0) is 12.2. The lowest BCUT2D eigenvalue weighted by atomic mass is 10.5. The second-order valence-electron chi connectivity index (χ2n) is 2.75. The highest BCUT2D eigenvalue weighted by molar-refractivity contribution is 7.88. The van der Waals surface area contributed by atoms with Gasteiger partial charge in [0.05, 0.1) is 1.37 Å². The molecule has 1 aromatic rings. The van der Waals surface area contributed by atoms with E-state index in [0.717, 1.165) is 0 Å². The lowest BCUT2D eigenvalue weighted by molar-refractivity contribution is 0.574. The number of nitrogens with one attached hydrogen (secondary N) is 2. The van der Waals surface area contributed by atoms with Crippen molar-refractivity contribution in [2.75, 3.05) is 6.54 Å². The minimum atomic E-state index is -3.92. The van der Waals surface area contributed by atoms with E-state index in [1.54, 1.807) is 6.92 Å².